The number of rotatable bonds is 6. The van der Waals surface area contributed by atoms with E-state index in [1.807, 2.05) is 6.07 Å². The second-order valence-electron chi connectivity index (χ2n) is 6.49. The summed E-state index contributed by atoms with van der Waals surface area (Å²) in [4.78, 5) is 25.8. The van der Waals surface area contributed by atoms with Crippen molar-refractivity contribution in [2.75, 3.05) is 19.2 Å². The number of benzene rings is 3. The number of carbonyl (C=O) groups is 2. The summed E-state index contributed by atoms with van der Waals surface area (Å²) in [6.07, 6.45) is -1.14. The zero-order chi connectivity index (χ0) is 20.9. The molecular formula is C23H19NO6. The van der Waals surface area contributed by atoms with E-state index in [0.717, 1.165) is 0 Å². The number of nitrogens with one attached hydrogen (secondary N) is 1. The van der Waals surface area contributed by atoms with Crippen LogP contribution >= 0.6 is 0 Å². The molecule has 1 atom stereocenters. The molecule has 0 saturated heterocycles. The van der Waals surface area contributed by atoms with Crippen LogP contribution in [0.1, 0.15) is 22.0 Å². The molecule has 0 aromatic heterocycles. The lowest BCUT2D eigenvalue weighted by Crippen LogP contribution is -2.26. The molecule has 30 heavy (non-hydrogen) atoms. The van der Waals surface area contributed by atoms with Gasteiger partial charge in [0, 0.05) is 17.3 Å². The summed E-state index contributed by atoms with van der Waals surface area (Å²) in [5.74, 6) is 0.483. The summed E-state index contributed by atoms with van der Waals surface area (Å²) in [7, 11) is 1.54. The fraction of sp³-hybridized carbons (Fsp3) is 0.130. The Hall–Kier alpha value is -4.00. The molecule has 0 fully saturated rings. The molecule has 1 heterocycles. The van der Waals surface area contributed by atoms with Gasteiger partial charge in [0.1, 0.15) is 5.75 Å². The molecule has 1 unspecified atom stereocenters. The Morgan fingerprint density at radius 1 is 0.933 bits per heavy atom. The van der Waals surface area contributed by atoms with Crippen molar-refractivity contribution < 1.29 is 28.5 Å². The summed E-state index contributed by atoms with van der Waals surface area (Å²) >= 11 is 0. The van der Waals surface area contributed by atoms with Crippen LogP contribution in [0.25, 0.3) is 0 Å². The summed E-state index contributed by atoms with van der Waals surface area (Å²) in [5.41, 5.74) is 1.33. The van der Waals surface area contributed by atoms with Gasteiger partial charge in [-0.05, 0) is 30.3 Å². The second-order valence-corrected chi connectivity index (χ2v) is 6.49. The number of hydrogen-bond donors (Lipinski definition) is 1. The van der Waals surface area contributed by atoms with Crippen LogP contribution in [-0.4, -0.2) is 25.8 Å². The summed E-state index contributed by atoms with van der Waals surface area (Å²) < 4.78 is 21.3. The van der Waals surface area contributed by atoms with Gasteiger partial charge in [0.05, 0.1) is 12.7 Å². The van der Waals surface area contributed by atoms with Gasteiger partial charge < -0.3 is 24.3 Å². The van der Waals surface area contributed by atoms with Crippen LogP contribution in [0.3, 0.4) is 0 Å². The van der Waals surface area contributed by atoms with Crippen molar-refractivity contribution in [3.8, 4) is 17.2 Å². The molecule has 1 aliphatic rings. The number of fused-ring (bicyclic) bond motifs is 1. The number of hydrogen-bond acceptors (Lipinski definition) is 6. The highest BCUT2D eigenvalue weighted by molar-refractivity contribution is 5.98. The molecule has 0 bridgehead atoms. The van der Waals surface area contributed by atoms with Crippen LogP contribution in [0.15, 0.2) is 72.8 Å². The number of amides is 1. The van der Waals surface area contributed by atoms with Gasteiger partial charge in [-0.3, -0.25) is 4.79 Å². The quantitative estimate of drug-likeness (QED) is 0.625. The van der Waals surface area contributed by atoms with Gasteiger partial charge in [0.2, 0.25) is 12.9 Å². The first-order valence-electron chi connectivity index (χ1n) is 9.24. The third-order valence-corrected chi connectivity index (χ3v) is 4.51. The molecule has 0 saturated carbocycles. The van der Waals surface area contributed by atoms with Crippen molar-refractivity contribution in [2.24, 2.45) is 0 Å². The van der Waals surface area contributed by atoms with E-state index >= 15 is 0 Å². The standard InChI is InChI=1S/C23H19NO6/c1-27-18-9-5-8-17(13-18)24-22(25)21(15-6-3-2-4-7-15)30-23(26)16-10-11-19-20(12-16)29-14-28-19/h2-13,21H,14H2,1H3,(H,24,25). The maximum Gasteiger partial charge on any atom is 0.339 e. The van der Waals surface area contributed by atoms with E-state index < -0.39 is 18.0 Å². The normalized spacial score (nSPS) is 12.7. The maximum absolute atomic E-state index is 13.0. The number of methoxy groups -OCH3 is 1. The molecule has 0 radical (unpaired) electrons. The van der Waals surface area contributed by atoms with Crippen LogP contribution in [0.4, 0.5) is 5.69 Å². The lowest BCUT2D eigenvalue weighted by molar-refractivity contribution is -0.125. The van der Waals surface area contributed by atoms with Gasteiger partial charge in [-0.15, -0.1) is 0 Å². The molecule has 7 heteroatoms. The predicted molar refractivity (Wildman–Crippen MR) is 109 cm³/mol. The Morgan fingerprint density at radius 2 is 1.73 bits per heavy atom. The molecule has 4 rings (SSSR count). The Kier molecular flexibility index (Phi) is 5.52. The number of carbonyl (C=O) groups excluding carboxylic acids is 2. The van der Waals surface area contributed by atoms with Crippen molar-refractivity contribution in [3.05, 3.63) is 83.9 Å². The Bertz CT molecular complexity index is 1070. The molecule has 1 amide bonds. The third kappa shape index (κ3) is 4.20. The first kappa shape index (κ1) is 19.3. The van der Waals surface area contributed by atoms with Crippen LogP contribution in [0.5, 0.6) is 17.2 Å². The van der Waals surface area contributed by atoms with Gasteiger partial charge in [-0.1, -0.05) is 36.4 Å². The molecule has 7 nitrogen and oxygen atoms in total. The van der Waals surface area contributed by atoms with E-state index in [0.29, 0.717) is 28.5 Å². The molecule has 1 N–H and O–H groups in total. The minimum absolute atomic E-state index is 0.101. The molecular weight excluding hydrogens is 386 g/mol. The first-order chi connectivity index (χ1) is 14.6. The van der Waals surface area contributed by atoms with E-state index in [4.69, 9.17) is 18.9 Å². The average Bonchev–Trinajstić information content (AvgIpc) is 3.26. The van der Waals surface area contributed by atoms with E-state index in [-0.39, 0.29) is 12.4 Å². The van der Waals surface area contributed by atoms with Gasteiger partial charge in [0.15, 0.2) is 11.5 Å². The van der Waals surface area contributed by atoms with Crippen LogP contribution in [-0.2, 0) is 9.53 Å². The van der Waals surface area contributed by atoms with Gasteiger partial charge in [-0.2, -0.15) is 0 Å². The van der Waals surface area contributed by atoms with Gasteiger partial charge in [0.25, 0.3) is 5.91 Å². The third-order valence-electron chi connectivity index (χ3n) is 4.51. The van der Waals surface area contributed by atoms with Crippen LogP contribution < -0.4 is 19.5 Å². The summed E-state index contributed by atoms with van der Waals surface area (Å²) in [6.45, 7) is 0.101. The van der Waals surface area contributed by atoms with E-state index in [1.54, 1.807) is 67.8 Å². The highest BCUT2D eigenvalue weighted by Crippen LogP contribution is 2.33. The molecule has 0 aliphatic carbocycles. The van der Waals surface area contributed by atoms with Crippen molar-refractivity contribution in [1.29, 1.82) is 0 Å². The van der Waals surface area contributed by atoms with E-state index in [9.17, 15) is 9.59 Å². The molecule has 152 valence electrons. The Morgan fingerprint density at radius 3 is 2.53 bits per heavy atom. The smallest absolute Gasteiger partial charge is 0.339 e. The van der Waals surface area contributed by atoms with E-state index in [2.05, 4.69) is 5.32 Å². The van der Waals surface area contributed by atoms with Crippen LogP contribution in [0, 0.1) is 0 Å². The van der Waals surface area contributed by atoms with E-state index in [1.165, 1.54) is 6.07 Å². The Balaban J connectivity index is 1.56. The molecule has 0 spiro atoms. The van der Waals surface area contributed by atoms with Crippen molar-refractivity contribution in [3.63, 3.8) is 0 Å². The minimum atomic E-state index is -1.14. The monoisotopic (exact) mass is 405 g/mol. The SMILES string of the molecule is COc1cccc(NC(=O)C(OC(=O)c2ccc3c(c2)OCO3)c2ccccc2)c1. The first-order valence-corrected chi connectivity index (χ1v) is 9.24. The average molecular weight is 405 g/mol. The van der Waals surface area contributed by atoms with Crippen molar-refractivity contribution >= 4 is 17.6 Å². The van der Waals surface area contributed by atoms with Gasteiger partial charge >= 0.3 is 5.97 Å². The molecule has 3 aromatic carbocycles. The number of anilines is 1. The fourth-order valence-corrected chi connectivity index (χ4v) is 3.01. The predicted octanol–water partition coefficient (Wildman–Crippen LogP) is 3.96. The van der Waals surface area contributed by atoms with Crippen LogP contribution in [0.2, 0.25) is 0 Å². The zero-order valence-electron chi connectivity index (χ0n) is 16.2. The zero-order valence-corrected chi connectivity index (χ0v) is 16.2. The number of ether oxygens (including phenoxy) is 4. The fourth-order valence-electron chi connectivity index (χ4n) is 3.01. The minimum Gasteiger partial charge on any atom is -0.497 e. The van der Waals surface area contributed by atoms with Crippen molar-refractivity contribution in [2.45, 2.75) is 6.10 Å². The summed E-state index contributed by atoms with van der Waals surface area (Å²) in [6, 6.07) is 20.5. The molecule has 3 aromatic rings. The maximum atomic E-state index is 13.0. The van der Waals surface area contributed by atoms with Crippen molar-refractivity contribution in [1.82, 2.24) is 0 Å². The Labute approximate surface area is 173 Å². The lowest BCUT2D eigenvalue weighted by Gasteiger charge is -2.18. The second kappa shape index (κ2) is 8.57. The lowest BCUT2D eigenvalue weighted by atomic mass is 10.1. The topological polar surface area (TPSA) is 83.1 Å². The highest BCUT2D eigenvalue weighted by Gasteiger charge is 2.27. The number of esters is 1. The largest absolute Gasteiger partial charge is 0.497 e. The molecule has 1 aliphatic heterocycles. The highest BCUT2D eigenvalue weighted by atomic mass is 16.7. The summed E-state index contributed by atoms with van der Waals surface area (Å²) in [5, 5.41) is 2.77. The van der Waals surface area contributed by atoms with Gasteiger partial charge in [-0.25, -0.2) is 4.79 Å².